The molecule has 0 amide bonds. The summed E-state index contributed by atoms with van der Waals surface area (Å²) in [5.41, 5.74) is 2.14. The first kappa shape index (κ1) is 15.9. The number of hydrogen-bond donors (Lipinski definition) is 1. The second kappa shape index (κ2) is 7.48. The fourth-order valence-electron chi connectivity index (χ4n) is 2.57. The number of methoxy groups -OCH3 is 1. The smallest absolute Gasteiger partial charge is 0.161 e. The first-order valence-electron chi connectivity index (χ1n) is 7.43. The van der Waals surface area contributed by atoms with Gasteiger partial charge in [-0.3, -0.25) is 4.90 Å². The van der Waals surface area contributed by atoms with Crippen molar-refractivity contribution < 1.29 is 14.6 Å². The first-order chi connectivity index (χ1) is 10.1. The molecule has 116 valence electrons. The van der Waals surface area contributed by atoms with Crippen molar-refractivity contribution in [2.75, 3.05) is 26.8 Å². The predicted molar refractivity (Wildman–Crippen MR) is 83.8 cm³/mol. The average Bonchev–Trinajstić information content (AvgIpc) is 2.45. The van der Waals surface area contributed by atoms with E-state index in [1.807, 2.05) is 25.1 Å². The molecule has 1 aromatic carbocycles. The maximum Gasteiger partial charge on any atom is 0.161 e. The second-order valence-electron chi connectivity index (χ2n) is 5.76. The van der Waals surface area contributed by atoms with Gasteiger partial charge >= 0.3 is 0 Å². The Hall–Kier alpha value is -1.52. The summed E-state index contributed by atoms with van der Waals surface area (Å²) >= 11 is 0. The molecule has 1 fully saturated rings. The molecule has 2 rings (SSSR count). The number of aliphatic hydroxyl groups excluding tert-OH is 1. The number of nitrogens with zero attached hydrogens (tertiary/aromatic N) is 1. The van der Waals surface area contributed by atoms with Crippen LogP contribution in [-0.2, 0) is 6.54 Å². The Bertz CT molecular complexity index is 487. The van der Waals surface area contributed by atoms with Crippen molar-refractivity contribution in [2.24, 2.45) is 0 Å². The lowest BCUT2D eigenvalue weighted by Crippen LogP contribution is -2.37. The van der Waals surface area contributed by atoms with E-state index in [0.717, 1.165) is 49.5 Å². The second-order valence-corrected chi connectivity index (χ2v) is 5.76. The van der Waals surface area contributed by atoms with Crippen molar-refractivity contribution in [2.45, 2.75) is 32.4 Å². The van der Waals surface area contributed by atoms with Gasteiger partial charge in [0.2, 0.25) is 0 Å². The average molecular weight is 291 g/mol. The third kappa shape index (κ3) is 4.76. The van der Waals surface area contributed by atoms with Crippen molar-refractivity contribution in [1.82, 2.24) is 4.90 Å². The molecule has 0 aromatic heterocycles. The summed E-state index contributed by atoms with van der Waals surface area (Å²) in [5, 5.41) is 9.74. The maximum absolute atomic E-state index is 9.74. The lowest BCUT2D eigenvalue weighted by Gasteiger charge is -2.30. The van der Waals surface area contributed by atoms with E-state index in [0.29, 0.717) is 6.61 Å². The minimum Gasteiger partial charge on any atom is -0.493 e. The molecule has 1 atom stereocenters. The van der Waals surface area contributed by atoms with E-state index in [4.69, 9.17) is 9.47 Å². The van der Waals surface area contributed by atoms with Crippen LogP contribution in [0.25, 0.3) is 0 Å². The number of ether oxygens (including phenoxy) is 2. The van der Waals surface area contributed by atoms with Crippen LogP contribution in [0.4, 0.5) is 0 Å². The van der Waals surface area contributed by atoms with Gasteiger partial charge in [-0.1, -0.05) is 12.6 Å². The normalized spacial score (nSPS) is 19.3. The molecule has 0 unspecified atom stereocenters. The van der Waals surface area contributed by atoms with Gasteiger partial charge < -0.3 is 14.6 Å². The van der Waals surface area contributed by atoms with Crippen LogP contribution in [0.2, 0.25) is 0 Å². The molecule has 0 bridgehead atoms. The molecule has 1 aliphatic heterocycles. The number of aliphatic hydroxyl groups is 1. The van der Waals surface area contributed by atoms with Crippen molar-refractivity contribution in [1.29, 1.82) is 0 Å². The highest BCUT2D eigenvalue weighted by Gasteiger charge is 2.18. The summed E-state index contributed by atoms with van der Waals surface area (Å²) in [6.45, 7) is 8.87. The molecule has 0 aliphatic carbocycles. The zero-order valence-electron chi connectivity index (χ0n) is 13.0. The number of benzene rings is 1. The molecule has 4 nitrogen and oxygen atoms in total. The van der Waals surface area contributed by atoms with Crippen molar-refractivity contribution in [3.8, 4) is 11.5 Å². The Labute approximate surface area is 127 Å². The largest absolute Gasteiger partial charge is 0.493 e. The van der Waals surface area contributed by atoms with Crippen molar-refractivity contribution in [3.63, 3.8) is 0 Å². The van der Waals surface area contributed by atoms with E-state index in [-0.39, 0.29) is 6.10 Å². The van der Waals surface area contributed by atoms with Crippen LogP contribution < -0.4 is 9.47 Å². The summed E-state index contributed by atoms with van der Waals surface area (Å²) in [6, 6.07) is 6.00. The van der Waals surface area contributed by atoms with Crippen LogP contribution in [0.15, 0.2) is 30.4 Å². The Morgan fingerprint density at radius 2 is 2.24 bits per heavy atom. The van der Waals surface area contributed by atoms with Crippen LogP contribution in [0, 0.1) is 0 Å². The molecule has 0 spiro atoms. The topological polar surface area (TPSA) is 41.9 Å². The van der Waals surface area contributed by atoms with E-state index in [1.165, 1.54) is 5.56 Å². The van der Waals surface area contributed by atoms with Gasteiger partial charge in [0, 0.05) is 13.1 Å². The molecule has 1 aromatic rings. The zero-order chi connectivity index (χ0) is 15.2. The fourth-order valence-corrected chi connectivity index (χ4v) is 2.57. The lowest BCUT2D eigenvalue weighted by atomic mass is 10.1. The molecule has 1 N–H and O–H groups in total. The predicted octanol–water partition coefficient (Wildman–Crippen LogP) is 2.61. The summed E-state index contributed by atoms with van der Waals surface area (Å²) in [5.74, 6) is 1.48. The highest BCUT2D eigenvalue weighted by atomic mass is 16.5. The number of likely N-dealkylation sites (tertiary alicyclic amines) is 1. The van der Waals surface area contributed by atoms with E-state index in [2.05, 4.69) is 11.5 Å². The highest BCUT2D eigenvalue weighted by molar-refractivity contribution is 5.43. The lowest BCUT2D eigenvalue weighted by molar-refractivity contribution is 0.0668. The quantitative estimate of drug-likeness (QED) is 0.818. The van der Waals surface area contributed by atoms with Crippen molar-refractivity contribution in [3.05, 3.63) is 35.9 Å². The highest BCUT2D eigenvalue weighted by Crippen LogP contribution is 2.29. The molecule has 0 radical (unpaired) electrons. The number of β-amino-alcohol motifs (C(OH)–C–C–N with tert-alkyl or cyclic N) is 1. The van der Waals surface area contributed by atoms with Gasteiger partial charge in [0.1, 0.15) is 6.61 Å². The van der Waals surface area contributed by atoms with E-state index < -0.39 is 0 Å². The Morgan fingerprint density at radius 1 is 1.43 bits per heavy atom. The molecule has 21 heavy (non-hydrogen) atoms. The zero-order valence-corrected chi connectivity index (χ0v) is 13.0. The molecule has 4 heteroatoms. The molecule has 1 saturated heterocycles. The van der Waals surface area contributed by atoms with Crippen LogP contribution in [0.5, 0.6) is 11.5 Å². The monoisotopic (exact) mass is 291 g/mol. The maximum atomic E-state index is 9.74. The van der Waals surface area contributed by atoms with Gasteiger partial charge in [0.25, 0.3) is 0 Å². The van der Waals surface area contributed by atoms with E-state index >= 15 is 0 Å². The summed E-state index contributed by atoms with van der Waals surface area (Å²) in [7, 11) is 1.64. The van der Waals surface area contributed by atoms with Crippen molar-refractivity contribution >= 4 is 0 Å². The minimum absolute atomic E-state index is 0.198. The molecule has 1 heterocycles. The number of hydrogen-bond acceptors (Lipinski definition) is 4. The summed E-state index contributed by atoms with van der Waals surface area (Å²) in [4.78, 5) is 2.28. The number of piperidine rings is 1. The van der Waals surface area contributed by atoms with Gasteiger partial charge in [0.15, 0.2) is 11.5 Å². The van der Waals surface area contributed by atoms with Gasteiger partial charge in [-0.15, -0.1) is 0 Å². The van der Waals surface area contributed by atoms with E-state index in [9.17, 15) is 5.11 Å². The third-order valence-corrected chi connectivity index (χ3v) is 3.59. The van der Waals surface area contributed by atoms with Crippen LogP contribution in [-0.4, -0.2) is 42.9 Å². The third-order valence-electron chi connectivity index (χ3n) is 3.59. The standard InChI is InChI=1S/C17H25NO3/c1-13(2)12-21-17-9-14(6-7-16(17)20-3)10-18-8-4-5-15(19)11-18/h6-7,9,15,19H,1,4-5,8,10-12H2,2-3H3/t15-/m0/s1. The van der Waals surface area contributed by atoms with Gasteiger partial charge in [-0.25, -0.2) is 0 Å². The SMILES string of the molecule is C=C(C)COc1cc(CN2CCC[C@H](O)C2)ccc1OC. The Kier molecular flexibility index (Phi) is 5.65. The fraction of sp³-hybridized carbons (Fsp3) is 0.529. The Balaban J connectivity index is 2.05. The summed E-state index contributed by atoms with van der Waals surface area (Å²) < 4.78 is 11.1. The molecular formula is C17H25NO3. The van der Waals surface area contributed by atoms with E-state index in [1.54, 1.807) is 7.11 Å². The first-order valence-corrected chi connectivity index (χ1v) is 7.43. The van der Waals surface area contributed by atoms with Crippen LogP contribution >= 0.6 is 0 Å². The van der Waals surface area contributed by atoms with Gasteiger partial charge in [-0.2, -0.15) is 0 Å². The van der Waals surface area contributed by atoms with Crippen LogP contribution in [0.3, 0.4) is 0 Å². The van der Waals surface area contributed by atoms with Gasteiger partial charge in [-0.05, 0) is 49.6 Å². The molecule has 1 aliphatic rings. The molecular weight excluding hydrogens is 266 g/mol. The molecule has 0 saturated carbocycles. The van der Waals surface area contributed by atoms with Gasteiger partial charge in [0.05, 0.1) is 13.2 Å². The number of rotatable bonds is 6. The minimum atomic E-state index is -0.198. The van der Waals surface area contributed by atoms with Crippen LogP contribution in [0.1, 0.15) is 25.3 Å². The Morgan fingerprint density at radius 3 is 2.90 bits per heavy atom. The summed E-state index contributed by atoms with van der Waals surface area (Å²) in [6.07, 6.45) is 1.76.